The van der Waals surface area contributed by atoms with Gasteiger partial charge < -0.3 is 1.43 Å². The van der Waals surface area contributed by atoms with Crippen LogP contribution in [-0.4, -0.2) is 5.72 Å². The van der Waals surface area contributed by atoms with Crippen LogP contribution in [0.5, 0.6) is 0 Å². The van der Waals surface area contributed by atoms with E-state index in [1.54, 1.807) is 5.34 Å². The SMILES string of the molecule is N#CC(C#N)(N=O)ON=O.[H-].[Na+]. The van der Waals surface area contributed by atoms with Crippen LogP contribution in [0.3, 0.4) is 0 Å². The number of hydrogen-bond acceptors (Lipinski definition) is 7. The van der Waals surface area contributed by atoms with Gasteiger partial charge in [-0.05, 0) is 0 Å². The average Bonchev–Trinajstić information content (AvgIpc) is 2.01. The van der Waals surface area contributed by atoms with Gasteiger partial charge in [0.15, 0.2) is 17.5 Å². The molecule has 0 atom stereocenters. The third kappa shape index (κ3) is 3.05. The van der Waals surface area contributed by atoms with E-state index in [2.05, 4.69) is 4.84 Å². The molecule has 0 spiro atoms. The van der Waals surface area contributed by atoms with E-state index in [4.69, 9.17) is 10.5 Å². The normalized spacial score (nSPS) is 7.82. The third-order valence-electron chi connectivity index (χ3n) is 0.601. The molecule has 8 heteroatoms. The van der Waals surface area contributed by atoms with Crippen LogP contribution in [0.15, 0.2) is 10.5 Å². The molecule has 0 heterocycles. The molecular formula is C3HN4NaO3. The van der Waals surface area contributed by atoms with Gasteiger partial charge in [-0.15, -0.1) is 9.81 Å². The maximum atomic E-state index is 9.66. The van der Waals surface area contributed by atoms with Crippen LogP contribution in [0.4, 0.5) is 0 Å². The van der Waals surface area contributed by atoms with E-state index in [1.807, 2.05) is 5.18 Å². The molecule has 0 aliphatic carbocycles. The summed E-state index contributed by atoms with van der Waals surface area (Å²) in [5.74, 6) is 0. The molecule has 0 aliphatic rings. The Morgan fingerprint density at radius 2 is 1.82 bits per heavy atom. The Morgan fingerprint density at radius 1 is 1.36 bits per heavy atom. The first kappa shape index (κ1) is 12.6. The van der Waals surface area contributed by atoms with Gasteiger partial charge in [-0.1, -0.05) is 0 Å². The van der Waals surface area contributed by atoms with E-state index >= 15 is 0 Å². The average molecular weight is 164 g/mol. The van der Waals surface area contributed by atoms with Crippen molar-refractivity contribution in [3.8, 4) is 12.1 Å². The fraction of sp³-hybridized carbons (Fsp3) is 0.333. The quantitative estimate of drug-likeness (QED) is 0.256. The summed E-state index contributed by atoms with van der Waals surface area (Å²) in [6.07, 6.45) is 0. The zero-order valence-corrected chi connectivity index (χ0v) is 7.51. The van der Waals surface area contributed by atoms with Crippen LogP contribution in [0, 0.1) is 32.5 Å². The second-order valence-corrected chi connectivity index (χ2v) is 1.12. The molecule has 11 heavy (non-hydrogen) atoms. The van der Waals surface area contributed by atoms with Crippen molar-refractivity contribution in [2.24, 2.45) is 10.5 Å². The van der Waals surface area contributed by atoms with Crippen LogP contribution in [0.1, 0.15) is 1.43 Å². The van der Waals surface area contributed by atoms with Crippen molar-refractivity contribution >= 4 is 0 Å². The minimum Gasteiger partial charge on any atom is -1.00 e. The molecule has 0 fully saturated rings. The van der Waals surface area contributed by atoms with Gasteiger partial charge in [0, 0.05) is 5.18 Å². The summed E-state index contributed by atoms with van der Waals surface area (Å²) >= 11 is 0. The molecule has 0 aromatic rings. The van der Waals surface area contributed by atoms with E-state index in [0.717, 1.165) is 12.1 Å². The van der Waals surface area contributed by atoms with Crippen molar-refractivity contribution in [3.05, 3.63) is 9.81 Å². The summed E-state index contributed by atoms with van der Waals surface area (Å²) < 4.78 is 0. The van der Waals surface area contributed by atoms with Crippen molar-refractivity contribution in [1.29, 1.82) is 10.5 Å². The topological polar surface area (TPSA) is 116 Å². The molecule has 0 amide bonds. The Hall–Kier alpha value is -1.02. The second kappa shape index (κ2) is 5.74. The maximum absolute atomic E-state index is 9.66. The standard InChI is InChI=1S/C3N4O3.Na.H/c4-1-3(2-5,6-8)10-7-9;;/q;+1;-1. The van der Waals surface area contributed by atoms with Crippen molar-refractivity contribution in [2.75, 3.05) is 0 Å². The predicted molar refractivity (Wildman–Crippen MR) is 27.7 cm³/mol. The van der Waals surface area contributed by atoms with Crippen LogP contribution in [0.2, 0.25) is 0 Å². The van der Waals surface area contributed by atoms with Crippen LogP contribution in [0.25, 0.3) is 0 Å². The first-order chi connectivity index (χ1) is 4.74. The minimum atomic E-state index is -2.62. The summed E-state index contributed by atoms with van der Waals surface area (Å²) in [6, 6.07) is 2.12. The summed E-state index contributed by atoms with van der Waals surface area (Å²) in [6.45, 7) is 0. The first-order valence-electron chi connectivity index (χ1n) is 1.92. The molecule has 0 saturated carbocycles. The number of nitrogens with zero attached hydrogens (tertiary/aromatic N) is 4. The van der Waals surface area contributed by atoms with Crippen molar-refractivity contribution in [3.63, 3.8) is 0 Å². The largest absolute Gasteiger partial charge is 1.00 e. The second-order valence-electron chi connectivity index (χ2n) is 1.12. The number of hydrogen-bond donors (Lipinski definition) is 0. The van der Waals surface area contributed by atoms with Crippen molar-refractivity contribution < 1.29 is 35.8 Å². The van der Waals surface area contributed by atoms with E-state index in [1.165, 1.54) is 0 Å². The Morgan fingerprint density at radius 3 is 1.91 bits per heavy atom. The molecule has 7 nitrogen and oxygen atoms in total. The Balaban J connectivity index is -0.000000405. The van der Waals surface area contributed by atoms with Gasteiger partial charge in [0.05, 0.1) is 0 Å². The Labute approximate surface area is 84.6 Å². The molecule has 0 unspecified atom stereocenters. The van der Waals surface area contributed by atoms with E-state index < -0.39 is 5.72 Å². The number of rotatable bonds is 3. The molecule has 0 aromatic carbocycles. The molecule has 0 bridgehead atoms. The molecule has 0 saturated heterocycles. The summed E-state index contributed by atoms with van der Waals surface area (Å²) in [4.78, 5) is 22.5. The van der Waals surface area contributed by atoms with Crippen molar-refractivity contribution in [2.45, 2.75) is 5.72 Å². The van der Waals surface area contributed by atoms with Gasteiger partial charge in [-0.3, -0.25) is 4.84 Å². The number of nitroso groups, excluding NO2 is 1. The summed E-state index contributed by atoms with van der Waals surface area (Å²) in [5.41, 5.74) is -2.62. The van der Waals surface area contributed by atoms with E-state index in [-0.39, 0.29) is 31.0 Å². The van der Waals surface area contributed by atoms with Gasteiger partial charge in [0.1, 0.15) is 0 Å². The van der Waals surface area contributed by atoms with Gasteiger partial charge >= 0.3 is 35.3 Å². The molecular weight excluding hydrogens is 163 g/mol. The molecule has 0 rings (SSSR count). The fourth-order valence-corrected chi connectivity index (χ4v) is 0.177. The van der Waals surface area contributed by atoms with Crippen LogP contribution in [-0.2, 0) is 4.84 Å². The molecule has 0 radical (unpaired) electrons. The Bertz CT molecular complexity index is 219. The Kier molecular flexibility index (Phi) is 6.60. The molecule has 0 aliphatic heterocycles. The van der Waals surface area contributed by atoms with Gasteiger partial charge in [0.25, 0.3) is 0 Å². The van der Waals surface area contributed by atoms with Crippen LogP contribution >= 0.6 is 0 Å². The zero-order valence-electron chi connectivity index (χ0n) is 6.51. The molecule has 0 N–H and O–H groups in total. The summed E-state index contributed by atoms with van der Waals surface area (Å²) in [7, 11) is 0. The van der Waals surface area contributed by atoms with E-state index in [0.29, 0.717) is 0 Å². The van der Waals surface area contributed by atoms with Crippen LogP contribution < -0.4 is 29.6 Å². The first-order valence-corrected chi connectivity index (χ1v) is 1.92. The van der Waals surface area contributed by atoms with Crippen molar-refractivity contribution in [1.82, 2.24) is 0 Å². The predicted octanol–water partition coefficient (Wildman–Crippen LogP) is -2.69. The fourth-order valence-electron chi connectivity index (χ4n) is 0.177. The molecule has 52 valence electrons. The van der Waals surface area contributed by atoms with E-state index in [9.17, 15) is 9.81 Å². The van der Waals surface area contributed by atoms with Gasteiger partial charge in [0.2, 0.25) is 0 Å². The maximum Gasteiger partial charge on any atom is 1.00 e. The monoisotopic (exact) mass is 164 g/mol. The molecule has 0 aromatic heterocycles. The minimum absolute atomic E-state index is 0. The summed E-state index contributed by atoms with van der Waals surface area (Å²) in [5, 5.41) is 19.7. The van der Waals surface area contributed by atoms with Gasteiger partial charge in [-0.2, -0.15) is 10.5 Å². The smallest absolute Gasteiger partial charge is 1.00 e. The number of nitriles is 2. The third-order valence-corrected chi connectivity index (χ3v) is 0.601. The van der Waals surface area contributed by atoms with Gasteiger partial charge in [-0.25, -0.2) is 0 Å². The zero-order chi connectivity index (χ0) is 8.04.